The van der Waals surface area contributed by atoms with Crippen LogP contribution in [0.25, 0.3) is 10.8 Å². The van der Waals surface area contributed by atoms with Crippen LogP contribution in [0.15, 0.2) is 42.2 Å². The van der Waals surface area contributed by atoms with Gasteiger partial charge in [0.25, 0.3) is 17.6 Å². The number of allylic oxidation sites excluding steroid dienone is 2. The van der Waals surface area contributed by atoms with E-state index in [2.05, 4.69) is 5.32 Å². The van der Waals surface area contributed by atoms with E-state index in [4.69, 9.17) is 23.7 Å². The molecule has 62 heavy (non-hydrogen) atoms. The third-order valence-electron chi connectivity index (χ3n) is 12.7. The van der Waals surface area contributed by atoms with Gasteiger partial charge in [0.2, 0.25) is 0 Å². The maximum atomic E-state index is 14.6. The molecule has 0 spiro atoms. The number of methoxy groups -OCH3 is 1. The number of carbonyl (C=O) groups excluding carboxylic acids is 4. The van der Waals surface area contributed by atoms with Crippen molar-refractivity contribution in [2.75, 3.05) is 26.1 Å². The molecule has 4 aliphatic rings. The van der Waals surface area contributed by atoms with Crippen molar-refractivity contribution in [1.29, 1.82) is 0 Å². The number of aromatic hydroxyl groups is 2. The van der Waals surface area contributed by atoms with Crippen molar-refractivity contribution in [3.05, 3.63) is 53.3 Å². The Bertz CT molecular complexity index is 2100. The Kier molecular flexibility index (Phi) is 17.1. The third kappa shape index (κ3) is 10.5. The predicted octanol–water partition coefficient (Wildman–Crippen LogP) is 3.22. The number of phenols is 2. The molecule has 9 unspecified atom stereocenters. The number of phenolic OH excluding ortho intramolecular Hbond substituents is 2. The molecule has 0 saturated heterocycles. The first-order valence-electron chi connectivity index (χ1n) is 21.0. The van der Waals surface area contributed by atoms with E-state index in [9.17, 15) is 39.6 Å². The Morgan fingerprint density at radius 2 is 1.61 bits per heavy atom. The molecular weight excluding hydrogens is 811 g/mol. The summed E-state index contributed by atoms with van der Waals surface area (Å²) in [6.07, 6.45) is 8.48. The molecule has 16 heteroatoms. The number of nitrogens with zero attached hydrogens (tertiary/aromatic N) is 1. The number of carbonyl (C=O) groups is 4. The minimum atomic E-state index is -2.02. The fourth-order valence-electron chi connectivity index (χ4n) is 8.66. The average molecular weight is 874 g/mol. The van der Waals surface area contributed by atoms with Crippen LogP contribution in [0.1, 0.15) is 96.5 Å². The molecule has 334 valence electrons. The SMILES string of the molecule is COC1/C=C/OC2(C)Oc3c(C)c(O)c4c(O)c(cc(OCC(=O)N(C)C5CCCCC5)c4c3C2=O)NC(=O)/C(C)=C/C=C/C(C)C(O)C(C)C(O)C(C)C(OC(C)=O)C1C.[Na+]. The molecule has 5 bridgehead atoms. The maximum absolute atomic E-state index is 14.6. The molecule has 0 aromatic heterocycles. The number of ether oxygens (including phenoxy) is 5. The van der Waals surface area contributed by atoms with Gasteiger partial charge in [-0.1, -0.05) is 65.2 Å². The van der Waals surface area contributed by atoms with E-state index in [1.807, 2.05) is 0 Å². The molecule has 1 fully saturated rings. The number of rotatable bonds is 6. The minimum absolute atomic E-state index is 0. The standard InChI is InChI=1S/C46H62N2O13.Na/c1-23-15-14-16-24(2)45(56)47-31-21-33(58-22-34(50)48(9)30-17-12-11-13-18-30)35-36(41(31)54)40(53)28(6)43-37(35)44(55)46(8,61-43)59-20-19-32(57-10)25(3)42(60-29(7)49)27(5)39(52)26(4)38(23)51;/h14-16,19-21,23,25-27,30,32,38-39,42,51-54H,11-13,17-18,22H2,1-10H3,(H,47,56);/q;+1/b15-14+,20-19+,24-16+;. The van der Waals surface area contributed by atoms with Crippen molar-refractivity contribution in [3.8, 4) is 23.0 Å². The summed E-state index contributed by atoms with van der Waals surface area (Å²) in [5, 5.41) is 48.7. The summed E-state index contributed by atoms with van der Waals surface area (Å²) in [6.45, 7) is 12.2. The van der Waals surface area contributed by atoms with Crippen LogP contribution >= 0.6 is 0 Å². The van der Waals surface area contributed by atoms with Crippen LogP contribution in [0.4, 0.5) is 5.69 Å². The zero-order valence-electron chi connectivity index (χ0n) is 37.8. The average Bonchev–Trinajstić information content (AvgIpc) is 3.50. The van der Waals surface area contributed by atoms with Crippen LogP contribution in [0, 0.1) is 30.6 Å². The Morgan fingerprint density at radius 1 is 0.952 bits per heavy atom. The summed E-state index contributed by atoms with van der Waals surface area (Å²) >= 11 is 0. The summed E-state index contributed by atoms with van der Waals surface area (Å²) in [7, 11) is 3.16. The molecule has 2 aromatic carbocycles. The molecule has 0 radical (unpaired) electrons. The van der Waals surface area contributed by atoms with Crippen LogP contribution in [-0.4, -0.2) is 106 Å². The van der Waals surface area contributed by atoms with Gasteiger partial charge in [0.15, 0.2) is 12.4 Å². The monoisotopic (exact) mass is 873 g/mol. The van der Waals surface area contributed by atoms with Crippen LogP contribution < -0.4 is 44.3 Å². The number of amides is 2. The van der Waals surface area contributed by atoms with Gasteiger partial charge >= 0.3 is 41.3 Å². The van der Waals surface area contributed by atoms with E-state index < -0.39 is 89.6 Å². The number of fused-ring (bicyclic) bond motifs is 14. The summed E-state index contributed by atoms with van der Waals surface area (Å²) in [6, 6.07) is 1.33. The van der Waals surface area contributed by atoms with Crippen molar-refractivity contribution < 1.29 is 92.8 Å². The van der Waals surface area contributed by atoms with Crippen molar-refractivity contribution in [3.63, 3.8) is 0 Å². The number of hydrogen-bond acceptors (Lipinski definition) is 13. The second-order valence-electron chi connectivity index (χ2n) is 17.0. The quantitative estimate of drug-likeness (QED) is 0.161. The number of benzene rings is 2. The molecular formula is C46H62N2NaO13+. The van der Waals surface area contributed by atoms with Gasteiger partial charge in [-0.05, 0) is 32.8 Å². The second-order valence-corrected chi connectivity index (χ2v) is 17.0. The normalized spacial score (nSPS) is 30.5. The zero-order valence-corrected chi connectivity index (χ0v) is 39.8. The Labute approximate surface area is 385 Å². The smallest absolute Gasteiger partial charge is 0.507 e. The van der Waals surface area contributed by atoms with E-state index in [0.29, 0.717) is 0 Å². The Morgan fingerprint density at radius 3 is 2.24 bits per heavy atom. The van der Waals surface area contributed by atoms with Crippen molar-refractivity contribution in [2.24, 2.45) is 23.7 Å². The molecule has 6 rings (SSSR count). The Balaban J connectivity index is 0.00000845. The first kappa shape index (κ1) is 50.5. The molecule has 2 aromatic rings. The largest absolute Gasteiger partial charge is 1.00 e. The molecule has 2 amide bonds. The second kappa shape index (κ2) is 21.0. The van der Waals surface area contributed by atoms with E-state index in [-0.39, 0.29) is 86.2 Å². The number of hydrogen-bond donors (Lipinski definition) is 5. The van der Waals surface area contributed by atoms with E-state index in [0.717, 1.165) is 32.1 Å². The molecule has 15 nitrogen and oxygen atoms in total. The number of nitrogens with one attached hydrogen (secondary N) is 1. The summed E-state index contributed by atoms with van der Waals surface area (Å²) in [5.41, 5.74) is 0.0303. The molecule has 5 N–H and O–H groups in total. The molecule has 1 aliphatic carbocycles. The van der Waals surface area contributed by atoms with Crippen LogP contribution in [-0.2, 0) is 28.6 Å². The molecule has 3 aliphatic heterocycles. The number of anilines is 1. The number of esters is 1. The van der Waals surface area contributed by atoms with Gasteiger partial charge in [-0.2, -0.15) is 0 Å². The minimum Gasteiger partial charge on any atom is -0.507 e. The van der Waals surface area contributed by atoms with Gasteiger partial charge in [0.1, 0.15) is 23.4 Å². The first-order chi connectivity index (χ1) is 28.7. The number of Topliss-reactive ketones (excluding diaryl/α,β-unsaturated/α-hetero) is 1. The predicted molar refractivity (Wildman–Crippen MR) is 227 cm³/mol. The van der Waals surface area contributed by atoms with Gasteiger partial charge in [-0.3, -0.25) is 19.2 Å². The summed E-state index contributed by atoms with van der Waals surface area (Å²) in [4.78, 5) is 55.7. The summed E-state index contributed by atoms with van der Waals surface area (Å²) in [5.74, 6) is -7.90. The van der Waals surface area contributed by atoms with Crippen LogP contribution in [0.3, 0.4) is 0 Å². The van der Waals surface area contributed by atoms with Crippen molar-refractivity contribution >= 4 is 40.0 Å². The van der Waals surface area contributed by atoms with Crippen molar-refractivity contribution in [1.82, 2.24) is 4.90 Å². The zero-order chi connectivity index (χ0) is 45.1. The van der Waals surface area contributed by atoms with Gasteiger partial charge in [0, 0.05) is 80.3 Å². The van der Waals surface area contributed by atoms with E-state index in [1.165, 1.54) is 59.3 Å². The fourth-order valence-corrected chi connectivity index (χ4v) is 8.66. The number of aliphatic hydroxyl groups is 2. The summed E-state index contributed by atoms with van der Waals surface area (Å²) < 4.78 is 29.9. The van der Waals surface area contributed by atoms with Gasteiger partial charge in [-0.15, -0.1) is 0 Å². The Hall–Kier alpha value is -4.12. The van der Waals surface area contributed by atoms with Crippen LogP contribution in [0.2, 0.25) is 0 Å². The maximum Gasteiger partial charge on any atom is 1.00 e. The van der Waals surface area contributed by atoms with Gasteiger partial charge in [-0.25, -0.2) is 0 Å². The molecule has 1 saturated carbocycles. The van der Waals surface area contributed by atoms with E-state index >= 15 is 0 Å². The fraction of sp³-hybridized carbons (Fsp3) is 0.565. The van der Waals surface area contributed by atoms with Crippen molar-refractivity contribution in [2.45, 2.75) is 124 Å². The van der Waals surface area contributed by atoms with Gasteiger partial charge < -0.3 is 54.3 Å². The topological polar surface area (TPSA) is 211 Å². The first-order valence-corrected chi connectivity index (χ1v) is 21.0. The number of ketones is 1. The van der Waals surface area contributed by atoms with Crippen LogP contribution in [0.5, 0.6) is 23.0 Å². The molecule has 9 atom stereocenters. The third-order valence-corrected chi connectivity index (χ3v) is 12.7. The number of likely N-dealkylation sites (N-methyl/N-ethyl adjacent to an activating group) is 1. The number of aliphatic hydroxyl groups excluding tert-OH is 2. The van der Waals surface area contributed by atoms with Gasteiger partial charge in [0.05, 0.1) is 41.2 Å². The molecule has 3 heterocycles. The van der Waals surface area contributed by atoms with E-state index in [1.54, 1.807) is 51.8 Å².